The monoisotopic (exact) mass is 572 g/mol. The lowest BCUT2D eigenvalue weighted by molar-refractivity contribution is 0.0698. The Balaban J connectivity index is 1.46. The summed E-state index contributed by atoms with van der Waals surface area (Å²) in [4.78, 5) is 29.0. The lowest BCUT2D eigenvalue weighted by Gasteiger charge is -2.38. The van der Waals surface area contributed by atoms with Gasteiger partial charge in [-0.25, -0.2) is 0 Å². The zero-order chi connectivity index (χ0) is 28.5. The molecular weight excluding hydrogens is 544 g/mol. The van der Waals surface area contributed by atoms with Gasteiger partial charge in [0.15, 0.2) is 11.5 Å². The van der Waals surface area contributed by atoms with E-state index in [4.69, 9.17) is 14.2 Å². The van der Waals surface area contributed by atoms with Crippen LogP contribution in [0.15, 0.2) is 54.6 Å². The quantitative estimate of drug-likeness (QED) is 0.356. The molecule has 1 atom stereocenters. The van der Waals surface area contributed by atoms with E-state index in [1.165, 1.54) is 12.1 Å². The molecule has 3 aliphatic rings. The van der Waals surface area contributed by atoms with Crippen LogP contribution in [-0.4, -0.2) is 58.2 Å². The van der Waals surface area contributed by atoms with Crippen LogP contribution < -0.4 is 19.5 Å². The average Bonchev–Trinajstić information content (AvgIpc) is 3.42. The van der Waals surface area contributed by atoms with Crippen LogP contribution in [0.3, 0.4) is 0 Å². The Hall–Kier alpha value is -4.64. The molecule has 0 saturated heterocycles. The van der Waals surface area contributed by atoms with Crippen LogP contribution in [0.1, 0.15) is 54.9 Å². The van der Waals surface area contributed by atoms with Gasteiger partial charge < -0.3 is 29.5 Å². The number of aromatic hydroxyl groups is 1. The molecule has 0 fully saturated rings. The van der Waals surface area contributed by atoms with Gasteiger partial charge in [0.05, 0.1) is 31.0 Å². The molecular formula is C30H28N4O6S. The van der Waals surface area contributed by atoms with E-state index in [1.807, 2.05) is 41.3 Å². The first kappa shape index (κ1) is 26.6. The summed E-state index contributed by atoms with van der Waals surface area (Å²) in [5.74, 6) is 1.45. The van der Waals surface area contributed by atoms with Crippen LogP contribution in [0.4, 0.5) is 0 Å². The minimum atomic E-state index is -0.405. The van der Waals surface area contributed by atoms with Gasteiger partial charge >= 0.3 is 0 Å². The molecule has 10 nitrogen and oxygen atoms in total. The Bertz CT molecular complexity index is 1640. The highest BCUT2D eigenvalue weighted by atomic mass is 32.1. The second kappa shape index (κ2) is 11.1. The summed E-state index contributed by atoms with van der Waals surface area (Å²) in [5.41, 5.74) is 3.60. The number of hydrogen-bond donors (Lipinski definition) is 2. The van der Waals surface area contributed by atoms with Gasteiger partial charge in [-0.2, -0.15) is 0 Å². The fraction of sp³-hybridized carbons (Fsp3) is 0.267. The molecule has 8 bridgehead atoms. The molecule has 41 heavy (non-hydrogen) atoms. The van der Waals surface area contributed by atoms with Crippen molar-refractivity contribution in [1.82, 2.24) is 19.8 Å². The van der Waals surface area contributed by atoms with Crippen molar-refractivity contribution in [2.24, 2.45) is 0 Å². The van der Waals surface area contributed by atoms with Crippen LogP contribution in [0.25, 0.3) is 0 Å². The third-order valence-corrected chi connectivity index (χ3v) is 8.08. The molecule has 4 aromatic rings. The number of aromatic nitrogens is 2. The highest BCUT2D eigenvalue weighted by molar-refractivity contribution is 7.08. The topological polar surface area (TPSA) is 123 Å². The molecule has 11 heteroatoms. The summed E-state index contributed by atoms with van der Waals surface area (Å²) in [6.45, 7) is 2.92. The van der Waals surface area contributed by atoms with Gasteiger partial charge in [-0.05, 0) is 90.5 Å². The summed E-state index contributed by atoms with van der Waals surface area (Å²) < 4.78 is 21.8. The zero-order valence-electron chi connectivity index (χ0n) is 22.5. The number of amides is 2. The average molecular weight is 573 g/mol. The summed E-state index contributed by atoms with van der Waals surface area (Å²) in [5, 5.41) is 17.2. The number of rotatable bonds is 2. The maximum Gasteiger partial charge on any atom is 0.268 e. The molecule has 1 unspecified atom stereocenters. The third kappa shape index (κ3) is 5.16. The number of nitrogens with one attached hydrogen (secondary N) is 1. The Kier molecular flexibility index (Phi) is 7.19. The van der Waals surface area contributed by atoms with Gasteiger partial charge in [-0.1, -0.05) is 16.6 Å². The van der Waals surface area contributed by atoms with Crippen molar-refractivity contribution in [3.8, 4) is 28.7 Å². The summed E-state index contributed by atoms with van der Waals surface area (Å²) in [6.07, 6.45) is 1.13. The number of hydrogen-bond acceptors (Lipinski definition) is 9. The first-order valence-corrected chi connectivity index (χ1v) is 14.0. The van der Waals surface area contributed by atoms with E-state index in [0.29, 0.717) is 66.1 Å². The molecule has 210 valence electrons. The molecule has 4 heterocycles. The number of methoxy groups -OCH3 is 1. The Labute approximate surface area is 240 Å². The van der Waals surface area contributed by atoms with Crippen LogP contribution in [-0.2, 0) is 6.42 Å². The first-order chi connectivity index (χ1) is 19.9. The van der Waals surface area contributed by atoms with E-state index >= 15 is 0 Å². The van der Waals surface area contributed by atoms with Gasteiger partial charge in [-0.3, -0.25) is 9.59 Å². The predicted octanol–water partition coefficient (Wildman–Crippen LogP) is 4.65. The van der Waals surface area contributed by atoms with Crippen molar-refractivity contribution < 1.29 is 28.9 Å². The van der Waals surface area contributed by atoms with Crippen molar-refractivity contribution >= 4 is 23.3 Å². The van der Waals surface area contributed by atoms with Gasteiger partial charge in [-0.15, -0.1) is 5.10 Å². The van der Waals surface area contributed by atoms with Crippen molar-refractivity contribution in [2.75, 3.05) is 26.8 Å². The van der Waals surface area contributed by atoms with Crippen molar-refractivity contribution in [2.45, 2.75) is 25.8 Å². The second-order valence-electron chi connectivity index (χ2n) is 9.85. The Morgan fingerprint density at radius 2 is 1.98 bits per heavy atom. The molecule has 7 rings (SSSR count). The lowest BCUT2D eigenvalue weighted by Crippen LogP contribution is -2.40. The SMILES string of the molecule is COc1ccc2cc1OCCCNC(=O)c1cc(ccc1O)Oc1ccc3c(c1)CCN(C(=O)c1snnc1C)C23. The number of carbonyl (C=O) groups is 2. The van der Waals surface area contributed by atoms with Gasteiger partial charge in [0.25, 0.3) is 11.8 Å². The van der Waals surface area contributed by atoms with E-state index in [1.54, 1.807) is 20.1 Å². The minimum absolute atomic E-state index is 0.124. The normalized spacial score (nSPS) is 16.6. The number of aryl methyl sites for hydroxylation is 1. The van der Waals surface area contributed by atoms with Crippen LogP contribution >= 0.6 is 11.5 Å². The maximum atomic E-state index is 13.8. The van der Waals surface area contributed by atoms with E-state index < -0.39 is 11.9 Å². The van der Waals surface area contributed by atoms with Crippen LogP contribution in [0.5, 0.6) is 28.7 Å². The number of carbonyl (C=O) groups excluding carboxylic acids is 2. The van der Waals surface area contributed by atoms with E-state index in [-0.39, 0.29) is 17.2 Å². The number of phenolic OH excluding ortho intramolecular Hbond substituents is 1. The lowest BCUT2D eigenvalue weighted by atomic mass is 9.87. The Morgan fingerprint density at radius 3 is 2.78 bits per heavy atom. The summed E-state index contributed by atoms with van der Waals surface area (Å²) in [7, 11) is 1.58. The highest BCUT2D eigenvalue weighted by Crippen LogP contribution is 2.41. The molecule has 0 aliphatic carbocycles. The first-order valence-electron chi connectivity index (χ1n) is 13.3. The third-order valence-electron chi connectivity index (χ3n) is 7.27. The van der Waals surface area contributed by atoms with E-state index in [9.17, 15) is 14.7 Å². The van der Waals surface area contributed by atoms with Crippen LogP contribution in [0, 0.1) is 6.92 Å². The van der Waals surface area contributed by atoms with Gasteiger partial charge in [0, 0.05) is 13.1 Å². The number of benzene rings is 3. The van der Waals surface area contributed by atoms with Crippen molar-refractivity contribution in [1.29, 1.82) is 0 Å². The zero-order valence-corrected chi connectivity index (χ0v) is 23.4. The van der Waals surface area contributed by atoms with E-state index in [2.05, 4.69) is 14.9 Å². The molecule has 0 radical (unpaired) electrons. The van der Waals surface area contributed by atoms with Gasteiger partial charge in [0.1, 0.15) is 22.1 Å². The molecule has 3 aliphatic heterocycles. The smallest absolute Gasteiger partial charge is 0.268 e. The fourth-order valence-corrected chi connectivity index (χ4v) is 5.84. The fourth-order valence-electron chi connectivity index (χ4n) is 5.23. The van der Waals surface area contributed by atoms with Crippen LogP contribution in [0.2, 0.25) is 0 Å². The van der Waals surface area contributed by atoms with E-state index in [0.717, 1.165) is 28.2 Å². The molecule has 1 aromatic heterocycles. The molecule has 2 N–H and O–H groups in total. The number of fused-ring (bicyclic) bond motifs is 6. The predicted molar refractivity (Wildman–Crippen MR) is 151 cm³/mol. The molecule has 2 amide bonds. The Morgan fingerprint density at radius 1 is 1.15 bits per heavy atom. The summed E-state index contributed by atoms with van der Waals surface area (Å²) >= 11 is 1.10. The van der Waals surface area contributed by atoms with Crippen molar-refractivity contribution in [3.05, 3.63) is 87.4 Å². The number of phenols is 1. The number of nitrogens with zero attached hydrogens (tertiary/aromatic N) is 3. The standard InChI is InChI=1S/C30H28N4O6S/c1-17-28(41-33-32-17)30(37)34-12-10-18-14-20-5-7-22(18)27(34)19-4-9-25(38-2)26(15-19)39-13-3-11-31-29(36)23-16-21(40-20)6-8-24(23)35/h4-9,14-16,27,35H,3,10-13H2,1-2H3,(H,31,36). The summed E-state index contributed by atoms with van der Waals surface area (Å²) in [6, 6.07) is 15.7. The minimum Gasteiger partial charge on any atom is -0.507 e. The molecule has 0 spiro atoms. The molecule has 0 saturated carbocycles. The van der Waals surface area contributed by atoms with Crippen molar-refractivity contribution in [3.63, 3.8) is 0 Å². The van der Waals surface area contributed by atoms with Gasteiger partial charge in [0.2, 0.25) is 0 Å². The number of ether oxygens (including phenoxy) is 3. The molecule has 3 aromatic carbocycles. The largest absolute Gasteiger partial charge is 0.507 e. The second-order valence-corrected chi connectivity index (χ2v) is 10.6. The highest BCUT2D eigenvalue weighted by Gasteiger charge is 2.35. The maximum absolute atomic E-state index is 13.8.